The van der Waals surface area contributed by atoms with E-state index < -0.39 is 25.1 Å². The molecule has 0 amide bonds. The highest BCUT2D eigenvalue weighted by Gasteiger charge is 2.49. The lowest BCUT2D eigenvalue weighted by Crippen LogP contribution is -2.49. The van der Waals surface area contributed by atoms with E-state index >= 15 is 0 Å². The molecule has 0 spiro atoms. The quantitative estimate of drug-likeness (QED) is 0.670. The van der Waals surface area contributed by atoms with E-state index in [0.717, 1.165) is 0 Å². The predicted octanol–water partition coefficient (Wildman–Crippen LogP) is 3.22. The third kappa shape index (κ3) is 3.93. The number of methoxy groups -OCH3 is 1. The molecule has 7 nitrogen and oxygen atoms in total. The lowest BCUT2D eigenvalue weighted by atomic mass is 10.1. The summed E-state index contributed by atoms with van der Waals surface area (Å²) >= 11 is 0. The van der Waals surface area contributed by atoms with E-state index in [9.17, 15) is 16.8 Å². The first-order valence-electron chi connectivity index (χ1n) is 9.83. The van der Waals surface area contributed by atoms with Gasteiger partial charge in [-0.15, -0.1) is 0 Å². The molecule has 30 heavy (non-hydrogen) atoms. The van der Waals surface area contributed by atoms with E-state index in [0.29, 0.717) is 42.9 Å². The fourth-order valence-electron chi connectivity index (χ4n) is 4.46. The Bertz CT molecular complexity index is 1110. The molecule has 2 aliphatic rings. The second-order valence-electron chi connectivity index (χ2n) is 7.87. The number of piperidine rings is 1. The van der Waals surface area contributed by atoms with Gasteiger partial charge >= 0.3 is 0 Å². The summed E-state index contributed by atoms with van der Waals surface area (Å²) < 4.78 is 63.1. The normalized spacial score (nSPS) is 24.5. The van der Waals surface area contributed by atoms with Crippen molar-refractivity contribution in [3.63, 3.8) is 0 Å². The van der Waals surface area contributed by atoms with Crippen LogP contribution in [-0.4, -0.2) is 51.8 Å². The van der Waals surface area contributed by atoms with Gasteiger partial charge in [-0.25, -0.2) is 16.8 Å². The van der Waals surface area contributed by atoms with E-state index in [-0.39, 0.29) is 17.0 Å². The first kappa shape index (κ1) is 21.1. The smallest absolute Gasteiger partial charge is 0.243 e. The number of nitrogens with zero attached hydrogens (tertiary/aromatic N) is 1. The van der Waals surface area contributed by atoms with Crippen molar-refractivity contribution in [2.75, 3.05) is 13.4 Å². The fraction of sp³-hybridized carbons (Fsp3) is 0.429. The highest BCUT2D eigenvalue weighted by atomic mass is 32.2. The highest BCUT2D eigenvalue weighted by Crippen LogP contribution is 2.42. The van der Waals surface area contributed by atoms with Crippen LogP contribution in [-0.2, 0) is 19.9 Å². The van der Waals surface area contributed by atoms with Crippen LogP contribution in [0.2, 0.25) is 0 Å². The zero-order valence-corrected chi connectivity index (χ0v) is 18.5. The Hall–Kier alpha value is -2.10. The van der Waals surface area contributed by atoms with Crippen molar-refractivity contribution >= 4 is 19.9 Å². The summed E-state index contributed by atoms with van der Waals surface area (Å²) in [6.07, 6.45) is 3.37. The van der Waals surface area contributed by atoms with Crippen LogP contribution in [0.25, 0.3) is 0 Å². The second kappa shape index (κ2) is 7.86. The van der Waals surface area contributed by atoms with Gasteiger partial charge in [0.1, 0.15) is 15.6 Å². The van der Waals surface area contributed by atoms with Crippen LogP contribution in [0, 0.1) is 0 Å². The third-order valence-electron chi connectivity index (χ3n) is 5.92. The largest absolute Gasteiger partial charge is 0.493 e. The third-order valence-corrected chi connectivity index (χ3v) is 9.54. The summed E-state index contributed by atoms with van der Waals surface area (Å²) in [5.74, 6) is 1.62. The molecule has 2 aromatic rings. The topological polar surface area (TPSA) is 90.0 Å². The van der Waals surface area contributed by atoms with E-state index in [1.807, 2.05) is 12.1 Å². The summed E-state index contributed by atoms with van der Waals surface area (Å²) in [5, 5.41) is -0.460. The number of hydrogen-bond acceptors (Lipinski definition) is 6. The standard InChI is InChI=1S/C21H25NO6S2/c1-27-20-5-3-4-6-21(20)28-17-9-11-18(12-10-17)30(25,26)22-15-7-8-16(22)14-19(13-15)29(2,23)24/h3-6,9-12,15-16,19H,7-8,13-14H2,1-2H3. The molecule has 162 valence electrons. The van der Waals surface area contributed by atoms with Crippen molar-refractivity contribution in [2.45, 2.75) is 47.9 Å². The molecule has 0 aromatic heterocycles. The Balaban J connectivity index is 1.54. The number of rotatable bonds is 6. The van der Waals surface area contributed by atoms with Gasteiger partial charge in [0, 0.05) is 18.3 Å². The van der Waals surface area contributed by atoms with Gasteiger partial charge in [0.2, 0.25) is 10.0 Å². The van der Waals surface area contributed by atoms with Crippen molar-refractivity contribution in [1.82, 2.24) is 4.31 Å². The average molecular weight is 452 g/mol. The molecule has 0 aliphatic carbocycles. The van der Waals surface area contributed by atoms with Crippen molar-refractivity contribution in [2.24, 2.45) is 0 Å². The number of benzene rings is 2. The molecular weight excluding hydrogens is 426 g/mol. The molecule has 2 aliphatic heterocycles. The minimum atomic E-state index is -3.71. The Morgan fingerprint density at radius 1 is 0.867 bits per heavy atom. The number of sulfone groups is 1. The lowest BCUT2D eigenvalue weighted by molar-refractivity contribution is 0.249. The van der Waals surface area contributed by atoms with Crippen LogP contribution in [0.1, 0.15) is 25.7 Å². The molecule has 4 rings (SSSR count). The molecule has 2 fully saturated rings. The van der Waals surface area contributed by atoms with Crippen LogP contribution in [0.15, 0.2) is 53.4 Å². The van der Waals surface area contributed by atoms with Gasteiger partial charge in [0.25, 0.3) is 0 Å². The summed E-state index contributed by atoms with van der Waals surface area (Å²) in [4.78, 5) is 0.185. The molecule has 2 unspecified atom stereocenters. The number of sulfonamides is 1. The average Bonchev–Trinajstić information content (AvgIpc) is 2.99. The van der Waals surface area contributed by atoms with Crippen LogP contribution >= 0.6 is 0 Å². The van der Waals surface area contributed by atoms with Crippen molar-refractivity contribution in [1.29, 1.82) is 0 Å². The molecule has 0 radical (unpaired) electrons. The van der Waals surface area contributed by atoms with Crippen LogP contribution in [0.5, 0.6) is 17.2 Å². The summed E-state index contributed by atoms with van der Waals surface area (Å²) in [6.45, 7) is 0. The SMILES string of the molecule is COc1ccccc1Oc1ccc(S(=O)(=O)N2C3CCC2CC(S(C)(=O)=O)C3)cc1. The monoisotopic (exact) mass is 451 g/mol. The minimum Gasteiger partial charge on any atom is -0.493 e. The highest BCUT2D eigenvalue weighted by molar-refractivity contribution is 7.91. The van der Waals surface area contributed by atoms with Gasteiger partial charge in [-0.3, -0.25) is 0 Å². The van der Waals surface area contributed by atoms with Gasteiger partial charge in [-0.05, 0) is 62.1 Å². The van der Waals surface area contributed by atoms with Gasteiger partial charge in [-0.1, -0.05) is 12.1 Å². The molecule has 2 atom stereocenters. The molecule has 9 heteroatoms. The number of ether oxygens (including phenoxy) is 2. The van der Waals surface area contributed by atoms with Gasteiger partial charge in [-0.2, -0.15) is 4.31 Å². The Morgan fingerprint density at radius 3 is 1.97 bits per heavy atom. The van der Waals surface area contributed by atoms with Crippen molar-refractivity contribution in [3.05, 3.63) is 48.5 Å². The maximum atomic E-state index is 13.3. The summed E-state index contributed by atoms with van der Waals surface area (Å²) in [7, 11) is -5.33. The van der Waals surface area contributed by atoms with Crippen LogP contribution in [0.3, 0.4) is 0 Å². The van der Waals surface area contributed by atoms with Gasteiger partial charge in [0.05, 0.1) is 17.3 Å². The summed E-state index contributed by atoms with van der Waals surface area (Å²) in [6, 6.07) is 13.0. The maximum absolute atomic E-state index is 13.3. The van der Waals surface area contributed by atoms with Crippen molar-refractivity contribution < 1.29 is 26.3 Å². The van der Waals surface area contributed by atoms with Crippen LogP contribution in [0.4, 0.5) is 0 Å². The molecule has 0 saturated carbocycles. The zero-order chi connectivity index (χ0) is 21.5. The number of fused-ring (bicyclic) bond motifs is 2. The first-order chi connectivity index (χ1) is 14.2. The molecule has 2 bridgehead atoms. The van der Waals surface area contributed by atoms with E-state index in [1.165, 1.54) is 22.7 Å². The van der Waals surface area contributed by atoms with Gasteiger partial charge in [0.15, 0.2) is 11.5 Å². The van der Waals surface area contributed by atoms with Crippen molar-refractivity contribution in [3.8, 4) is 17.2 Å². The molecule has 0 N–H and O–H groups in total. The second-order valence-corrected chi connectivity index (χ2v) is 12.0. The van der Waals surface area contributed by atoms with E-state index in [1.54, 1.807) is 31.4 Å². The Labute approximate surface area is 177 Å². The van der Waals surface area contributed by atoms with Crippen LogP contribution < -0.4 is 9.47 Å². The predicted molar refractivity (Wildman–Crippen MR) is 113 cm³/mol. The van der Waals surface area contributed by atoms with E-state index in [2.05, 4.69) is 0 Å². The Morgan fingerprint density at radius 2 is 1.43 bits per heavy atom. The molecule has 2 saturated heterocycles. The molecule has 2 heterocycles. The maximum Gasteiger partial charge on any atom is 0.243 e. The lowest BCUT2D eigenvalue weighted by Gasteiger charge is -2.37. The Kier molecular flexibility index (Phi) is 5.54. The zero-order valence-electron chi connectivity index (χ0n) is 16.9. The summed E-state index contributed by atoms with van der Waals surface area (Å²) in [5.41, 5.74) is 0. The molecular formula is C21H25NO6S2. The van der Waals surface area contributed by atoms with Gasteiger partial charge < -0.3 is 9.47 Å². The number of hydrogen-bond donors (Lipinski definition) is 0. The minimum absolute atomic E-state index is 0.185. The fourth-order valence-corrected chi connectivity index (χ4v) is 7.49. The van der Waals surface area contributed by atoms with E-state index in [4.69, 9.17) is 9.47 Å². The number of para-hydroxylation sites is 2. The molecule has 2 aromatic carbocycles. The first-order valence-corrected chi connectivity index (χ1v) is 13.2.